The second-order valence-corrected chi connectivity index (χ2v) is 7.50. The summed E-state index contributed by atoms with van der Waals surface area (Å²) in [7, 11) is 0. The molecule has 0 spiro atoms. The Labute approximate surface area is 121 Å². The van der Waals surface area contributed by atoms with E-state index in [0.717, 1.165) is 21.3 Å². The lowest BCUT2D eigenvalue weighted by Crippen LogP contribution is -2.33. The number of halogens is 2. The Balaban J connectivity index is 1.80. The molecule has 17 heavy (non-hydrogen) atoms. The van der Waals surface area contributed by atoms with Gasteiger partial charge in [0.05, 0.1) is 0 Å². The fraction of sp³-hybridized carbons (Fsp3) is 0.692. The summed E-state index contributed by atoms with van der Waals surface area (Å²) in [6.45, 7) is 3.26. The molecule has 1 aromatic rings. The van der Waals surface area contributed by atoms with Crippen molar-refractivity contribution < 1.29 is 0 Å². The van der Waals surface area contributed by atoms with Gasteiger partial charge in [0.25, 0.3) is 0 Å². The van der Waals surface area contributed by atoms with E-state index in [9.17, 15) is 0 Å². The first-order chi connectivity index (χ1) is 8.16. The summed E-state index contributed by atoms with van der Waals surface area (Å²) in [6, 6.07) is 2.74. The van der Waals surface area contributed by atoms with E-state index in [4.69, 9.17) is 11.6 Å². The summed E-state index contributed by atoms with van der Waals surface area (Å²) in [4.78, 5) is 1.31. The molecule has 1 aromatic heterocycles. The maximum Gasteiger partial charge on any atom is 0.107 e. The van der Waals surface area contributed by atoms with Crippen molar-refractivity contribution in [3.63, 3.8) is 0 Å². The zero-order chi connectivity index (χ0) is 12.3. The van der Waals surface area contributed by atoms with Gasteiger partial charge in [-0.25, -0.2) is 0 Å². The van der Waals surface area contributed by atoms with Gasteiger partial charge in [-0.15, -0.1) is 11.3 Å². The van der Waals surface area contributed by atoms with Gasteiger partial charge in [0.15, 0.2) is 0 Å². The fourth-order valence-corrected chi connectivity index (χ4v) is 4.28. The van der Waals surface area contributed by atoms with Gasteiger partial charge in [-0.05, 0) is 47.7 Å². The lowest BCUT2D eigenvalue weighted by Gasteiger charge is -2.28. The van der Waals surface area contributed by atoms with Gasteiger partial charge < -0.3 is 5.32 Å². The van der Waals surface area contributed by atoms with Crippen molar-refractivity contribution in [3.05, 3.63) is 19.8 Å². The van der Waals surface area contributed by atoms with Crippen molar-refractivity contribution in [2.45, 2.75) is 51.6 Å². The van der Waals surface area contributed by atoms with Crippen LogP contribution in [0.3, 0.4) is 0 Å². The first-order valence-corrected chi connectivity index (χ1v) is 8.32. The van der Waals surface area contributed by atoms with Gasteiger partial charge in [0.1, 0.15) is 4.34 Å². The largest absolute Gasteiger partial charge is 0.309 e. The summed E-state index contributed by atoms with van der Waals surface area (Å²) in [5.41, 5.74) is 0. The smallest absolute Gasteiger partial charge is 0.107 e. The average Bonchev–Trinajstić information content (AvgIpc) is 2.67. The van der Waals surface area contributed by atoms with E-state index in [0.29, 0.717) is 6.04 Å². The number of nitrogens with one attached hydrogen (secondary N) is 1. The van der Waals surface area contributed by atoms with Gasteiger partial charge in [0.2, 0.25) is 0 Å². The zero-order valence-corrected chi connectivity index (χ0v) is 13.3. The fourth-order valence-electron chi connectivity index (χ4n) is 2.54. The number of thiophene rings is 1. The highest BCUT2D eigenvalue weighted by Crippen LogP contribution is 2.32. The quantitative estimate of drug-likeness (QED) is 0.794. The molecule has 0 saturated heterocycles. The van der Waals surface area contributed by atoms with Gasteiger partial charge >= 0.3 is 0 Å². The highest BCUT2D eigenvalue weighted by molar-refractivity contribution is 9.10. The van der Waals surface area contributed by atoms with E-state index in [1.807, 2.05) is 0 Å². The minimum absolute atomic E-state index is 0.620. The Kier molecular flexibility index (Phi) is 5.34. The van der Waals surface area contributed by atoms with Crippen molar-refractivity contribution in [2.24, 2.45) is 5.92 Å². The number of hydrogen-bond donors (Lipinski definition) is 1. The zero-order valence-electron chi connectivity index (χ0n) is 10.1. The van der Waals surface area contributed by atoms with E-state index in [1.165, 1.54) is 37.0 Å². The monoisotopic (exact) mass is 335 g/mol. The van der Waals surface area contributed by atoms with Crippen LogP contribution >= 0.6 is 38.9 Å². The van der Waals surface area contributed by atoms with E-state index < -0.39 is 0 Å². The molecule has 1 unspecified atom stereocenters. The third kappa shape index (κ3) is 3.95. The Morgan fingerprint density at radius 1 is 1.47 bits per heavy atom. The van der Waals surface area contributed by atoms with Crippen LogP contribution in [0.15, 0.2) is 10.5 Å². The topological polar surface area (TPSA) is 12.0 Å². The molecule has 1 saturated carbocycles. The molecule has 1 N–H and O–H groups in total. The highest BCUT2D eigenvalue weighted by atomic mass is 79.9. The van der Waals surface area contributed by atoms with Crippen molar-refractivity contribution in [3.8, 4) is 0 Å². The van der Waals surface area contributed by atoms with Crippen molar-refractivity contribution in [1.82, 2.24) is 5.32 Å². The molecule has 1 aliphatic carbocycles. The standard InChI is InChI=1S/C13H19BrClNS/c1-9(10-5-3-2-4-6-10)16-8-11-7-12(14)13(15)17-11/h7,9-10,16H,2-6,8H2,1H3. The van der Waals surface area contributed by atoms with Crippen LogP contribution in [-0.4, -0.2) is 6.04 Å². The Bertz CT molecular complexity index is 341. The molecule has 0 aromatic carbocycles. The molecular weight excluding hydrogens is 318 g/mol. The lowest BCUT2D eigenvalue weighted by atomic mass is 9.84. The maximum absolute atomic E-state index is 6.04. The highest BCUT2D eigenvalue weighted by Gasteiger charge is 2.19. The van der Waals surface area contributed by atoms with Crippen molar-refractivity contribution in [2.75, 3.05) is 0 Å². The van der Waals surface area contributed by atoms with Gasteiger partial charge in [-0.3, -0.25) is 0 Å². The summed E-state index contributed by atoms with van der Waals surface area (Å²) in [5.74, 6) is 0.864. The minimum atomic E-state index is 0.620. The Hall–Kier alpha value is 0.430. The van der Waals surface area contributed by atoms with Crippen LogP contribution in [0, 0.1) is 5.92 Å². The predicted molar refractivity (Wildman–Crippen MR) is 79.9 cm³/mol. The summed E-state index contributed by atoms with van der Waals surface area (Å²) < 4.78 is 1.87. The maximum atomic E-state index is 6.04. The van der Waals surface area contributed by atoms with E-state index in [-0.39, 0.29) is 0 Å². The second kappa shape index (κ2) is 6.55. The van der Waals surface area contributed by atoms with Crippen LogP contribution in [-0.2, 0) is 6.54 Å². The Morgan fingerprint density at radius 3 is 2.76 bits per heavy atom. The molecule has 0 amide bonds. The third-order valence-corrected chi connectivity index (χ3v) is 6.13. The molecule has 4 heteroatoms. The molecule has 1 heterocycles. The number of rotatable bonds is 4. The van der Waals surface area contributed by atoms with E-state index in [1.54, 1.807) is 11.3 Å². The molecular formula is C13H19BrClNS. The summed E-state index contributed by atoms with van der Waals surface area (Å²) >= 11 is 11.1. The van der Waals surface area contributed by atoms with Crippen LogP contribution in [0.5, 0.6) is 0 Å². The summed E-state index contributed by atoms with van der Waals surface area (Å²) in [6.07, 6.45) is 7.03. The normalized spacial score (nSPS) is 19.5. The van der Waals surface area contributed by atoms with Crippen LogP contribution in [0.25, 0.3) is 0 Å². The van der Waals surface area contributed by atoms with Crippen molar-refractivity contribution >= 4 is 38.9 Å². The first kappa shape index (κ1) is 13.9. The second-order valence-electron chi connectivity index (χ2n) is 4.90. The predicted octanol–water partition coefficient (Wildman–Crippen LogP) is 5.22. The third-order valence-electron chi connectivity index (χ3n) is 3.65. The number of hydrogen-bond acceptors (Lipinski definition) is 2. The molecule has 1 atom stereocenters. The molecule has 2 rings (SSSR count). The SMILES string of the molecule is CC(NCc1cc(Br)c(Cl)s1)C1CCCCC1. The van der Waals surface area contributed by atoms with Crippen molar-refractivity contribution in [1.29, 1.82) is 0 Å². The van der Waals surface area contributed by atoms with Crippen LogP contribution in [0.4, 0.5) is 0 Å². The van der Waals surface area contributed by atoms with Crippen LogP contribution < -0.4 is 5.32 Å². The van der Waals surface area contributed by atoms with Crippen LogP contribution in [0.1, 0.15) is 43.9 Å². The molecule has 0 radical (unpaired) electrons. The molecule has 1 nitrogen and oxygen atoms in total. The lowest BCUT2D eigenvalue weighted by molar-refractivity contribution is 0.281. The van der Waals surface area contributed by atoms with E-state index >= 15 is 0 Å². The van der Waals surface area contributed by atoms with Gasteiger partial charge in [-0.1, -0.05) is 30.9 Å². The molecule has 1 aliphatic rings. The molecule has 0 aliphatic heterocycles. The molecule has 0 bridgehead atoms. The molecule has 1 fully saturated rings. The van der Waals surface area contributed by atoms with Gasteiger partial charge in [0, 0.05) is 21.9 Å². The minimum Gasteiger partial charge on any atom is -0.309 e. The van der Waals surface area contributed by atoms with E-state index in [2.05, 4.69) is 34.2 Å². The van der Waals surface area contributed by atoms with Gasteiger partial charge in [-0.2, -0.15) is 0 Å². The summed E-state index contributed by atoms with van der Waals surface area (Å²) in [5, 5.41) is 3.64. The van der Waals surface area contributed by atoms with Crippen LogP contribution in [0.2, 0.25) is 4.34 Å². The first-order valence-electron chi connectivity index (χ1n) is 6.34. The Morgan fingerprint density at radius 2 is 2.18 bits per heavy atom. The average molecular weight is 337 g/mol. The molecule has 96 valence electrons.